The van der Waals surface area contributed by atoms with Crippen LogP contribution in [-0.2, 0) is 12.7 Å². The normalized spacial score (nSPS) is 12.7. The zero-order chi connectivity index (χ0) is 19.5. The first-order valence-corrected chi connectivity index (χ1v) is 7.78. The Morgan fingerprint density at radius 2 is 2.12 bits per heavy atom. The molecule has 1 amide bonds. The van der Waals surface area contributed by atoms with E-state index in [0.29, 0.717) is 0 Å². The number of alkyl halides is 3. The minimum Gasteiger partial charge on any atom is -0.491 e. The number of amides is 1. The van der Waals surface area contributed by atoms with Gasteiger partial charge >= 0.3 is 6.18 Å². The summed E-state index contributed by atoms with van der Waals surface area (Å²) in [6, 6.07) is 2.07. The summed E-state index contributed by atoms with van der Waals surface area (Å²) in [5.41, 5.74) is -0.975. The van der Waals surface area contributed by atoms with E-state index in [1.807, 2.05) is 0 Å². The van der Waals surface area contributed by atoms with Gasteiger partial charge < -0.3 is 15.0 Å². The first-order chi connectivity index (χ1) is 12.1. The molecule has 0 aliphatic carbocycles. The van der Waals surface area contributed by atoms with Crippen LogP contribution in [-0.4, -0.2) is 34.3 Å². The third-order valence-electron chi connectivity index (χ3n) is 3.63. The lowest BCUT2D eigenvalue weighted by atomic mass is 10.1. The SMILES string of the molecule is COc1c[nH]c(C(=O)NC[C@@H](C)Cn2nc(C)cc2C(F)(F)F)cc1=O. The van der Waals surface area contributed by atoms with Crippen LogP contribution < -0.4 is 15.5 Å². The predicted molar refractivity (Wildman–Crippen MR) is 87.1 cm³/mol. The second kappa shape index (κ2) is 7.63. The highest BCUT2D eigenvalue weighted by molar-refractivity contribution is 5.92. The lowest BCUT2D eigenvalue weighted by Gasteiger charge is -2.16. The van der Waals surface area contributed by atoms with Gasteiger partial charge in [-0.05, 0) is 18.9 Å². The van der Waals surface area contributed by atoms with Crippen molar-refractivity contribution < 1.29 is 22.7 Å². The van der Waals surface area contributed by atoms with Crippen LogP contribution in [0.25, 0.3) is 0 Å². The van der Waals surface area contributed by atoms with Gasteiger partial charge in [0.25, 0.3) is 5.91 Å². The molecular formula is C16H19F3N4O3. The smallest absolute Gasteiger partial charge is 0.433 e. The Balaban J connectivity index is 1.99. The van der Waals surface area contributed by atoms with E-state index in [9.17, 15) is 22.8 Å². The zero-order valence-electron chi connectivity index (χ0n) is 14.5. The van der Waals surface area contributed by atoms with Crippen LogP contribution in [0.3, 0.4) is 0 Å². The lowest BCUT2D eigenvalue weighted by molar-refractivity contribution is -0.144. The van der Waals surface area contributed by atoms with Crippen LogP contribution in [0, 0.1) is 12.8 Å². The van der Waals surface area contributed by atoms with Crippen molar-refractivity contribution in [3.05, 3.63) is 45.6 Å². The number of pyridine rings is 1. The number of aromatic amines is 1. The molecule has 10 heteroatoms. The molecule has 2 heterocycles. The molecule has 142 valence electrons. The third kappa shape index (κ3) is 4.64. The summed E-state index contributed by atoms with van der Waals surface area (Å²) in [7, 11) is 1.33. The molecule has 7 nitrogen and oxygen atoms in total. The number of carbonyl (C=O) groups is 1. The summed E-state index contributed by atoms with van der Waals surface area (Å²) < 4.78 is 44.6. The van der Waals surface area contributed by atoms with Crippen LogP contribution in [0.15, 0.2) is 23.1 Å². The lowest BCUT2D eigenvalue weighted by Crippen LogP contribution is -2.32. The van der Waals surface area contributed by atoms with Crippen LogP contribution in [0.4, 0.5) is 13.2 Å². The minimum atomic E-state index is -4.49. The van der Waals surface area contributed by atoms with Crippen LogP contribution >= 0.6 is 0 Å². The topological polar surface area (TPSA) is 89.0 Å². The number of halogens is 3. The molecular weight excluding hydrogens is 353 g/mol. The van der Waals surface area contributed by atoms with Crippen molar-refractivity contribution in [3.8, 4) is 5.75 Å². The Morgan fingerprint density at radius 1 is 1.42 bits per heavy atom. The molecule has 2 N–H and O–H groups in total. The van der Waals surface area contributed by atoms with Crippen molar-refractivity contribution in [1.82, 2.24) is 20.1 Å². The van der Waals surface area contributed by atoms with Gasteiger partial charge in [0.15, 0.2) is 5.75 Å². The number of rotatable bonds is 6. The highest BCUT2D eigenvalue weighted by atomic mass is 19.4. The number of nitrogens with zero attached hydrogens (tertiary/aromatic N) is 2. The molecule has 0 radical (unpaired) electrons. The number of ether oxygens (including phenoxy) is 1. The van der Waals surface area contributed by atoms with Gasteiger partial charge in [0.1, 0.15) is 11.4 Å². The summed E-state index contributed by atoms with van der Waals surface area (Å²) in [5.74, 6) is -0.780. The molecule has 26 heavy (non-hydrogen) atoms. The first-order valence-electron chi connectivity index (χ1n) is 7.78. The molecule has 2 aromatic rings. The molecule has 0 aliphatic heterocycles. The van der Waals surface area contributed by atoms with Crippen LogP contribution in [0.2, 0.25) is 0 Å². The second-order valence-electron chi connectivity index (χ2n) is 5.95. The summed E-state index contributed by atoms with van der Waals surface area (Å²) >= 11 is 0. The molecule has 0 unspecified atom stereocenters. The average molecular weight is 372 g/mol. The fraction of sp³-hybridized carbons (Fsp3) is 0.438. The van der Waals surface area contributed by atoms with Crippen LogP contribution in [0.5, 0.6) is 5.75 Å². The van der Waals surface area contributed by atoms with Gasteiger partial charge in [-0.25, -0.2) is 0 Å². The number of aromatic nitrogens is 3. The number of nitrogens with one attached hydrogen (secondary N) is 2. The van der Waals surface area contributed by atoms with E-state index >= 15 is 0 Å². The molecule has 0 aliphatic rings. The van der Waals surface area contributed by atoms with Gasteiger partial charge in [0.05, 0.1) is 12.8 Å². The van der Waals surface area contributed by atoms with E-state index in [1.54, 1.807) is 6.92 Å². The predicted octanol–water partition coefficient (Wildman–Crippen LogP) is 1.97. The third-order valence-corrected chi connectivity index (χ3v) is 3.63. The molecule has 0 fully saturated rings. The molecule has 0 saturated heterocycles. The van der Waals surface area contributed by atoms with E-state index in [4.69, 9.17) is 4.74 Å². The van der Waals surface area contributed by atoms with Gasteiger partial charge in [0.2, 0.25) is 5.43 Å². The van der Waals surface area contributed by atoms with Gasteiger partial charge in [-0.15, -0.1) is 0 Å². The van der Waals surface area contributed by atoms with Crippen molar-refractivity contribution >= 4 is 5.91 Å². The molecule has 0 bridgehead atoms. The van der Waals surface area contributed by atoms with E-state index in [0.717, 1.165) is 16.8 Å². The Hall–Kier alpha value is -2.78. The quantitative estimate of drug-likeness (QED) is 0.811. The number of hydrogen-bond acceptors (Lipinski definition) is 4. The molecule has 1 atom stereocenters. The first kappa shape index (κ1) is 19.5. The van der Waals surface area contributed by atoms with Crippen molar-refractivity contribution in [1.29, 1.82) is 0 Å². The molecule has 2 aromatic heterocycles. The van der Waals surface area contributed by atoms with Crippen molar-refractivity contribution in [2.24, 2.45) is 5.92 Å². The molecule has 0 aromatic carbocycles. The van der Waals surface area contributed by atoms with Gasteiger partial charge in [0, 0.05) is 25.4 Å². The summed E-state index contributed by atoms with van der Waals surface area (Å²) in [4.78, 5) is 26.3. The Labute approximate surface area is 147 Å². The van der Waals surface area contributed by atoms with E-state index in [-0.39, 0.29) is 36.1 Å². The van der Waals surface area contributed by atoms with Crippen molar-refractivity contribution in [2.75, 3.05) is 13.7 Å². The maximum Gasteiger partial charge on any atom is 0.433 e. The fourth-order valence-electron chi connectivity index (χ4n) is 2.38. The maximum atomic E-state index is 13.0. The molecule has 2 rings (SSSR count). The molecule has 0 spiro atoms. The minimum absolute atomic E-state index is 0.0118. The average Bonchev–Trinajstić information content (AvgIpc) is 2.93. The summed E-state index contributed by atoms with van der Waals surface area (Å²) in [6.07, 6.45) is -3.23. The Kier molecular flexibility index (Phi) is 5.73. The Morgan fingerprint density at radius 3 is 2.69 bits per heavy atom. The summed E-state index contributed by atoms with van der Waals surface area (Å²) in [6.45, 7) is 3.28. The maximum absolute atomic E-state index is 13.0. The van der Waals surface area contributed by atoms with Crippen molar-refractivity contribution in [3.63, 3.8) is 0 Å². The number of carbonyl (C=O) groups excluding carboxylic acids is 1. The number of methoxy groups -OCH3 is 1. The highest BCUT2D eigenvalue weighted by Gasteiger charge is 2.35. The van der Waals surface area contributed by atoms with E-state index in [1.165, 1.54) is 20.2 Å². The van der Waals surface area contributed by atoms with E-state index in [2.05, 4.69) is 15.4 Å². The number of hydrogen-bond donors (Lipinski definition) is 2. The van der Waals surface area contributed by atoms with E-state index < -0.39 is 23.2 Å². The standard InChI is InChI=1S/C16H19F3N4O3/c1-9(8-23-14(16(17,18)19)4-10(2)22-23)6-21-15(25)11-5-12(24)13(26-3)7-20-11/h4-5,7,9H,6,8H2,1-3H3,(H,20,24)(H,21,25)/t9-/m1/s1. The van der Waals surface area contributed by atoms with Gasteiger partial charge in [-0.3, -0.25) is 14.3 Å². The second-order valence-corrected chi connectivity index (χ2v) is 5.95. The summed E-state index contributed by atoms with van der Waals surface area (Å²) in [5, 5.41) is 6.43. The van der Waals surface area contributed by atoms with Crippen LogP contribution in [0.1, 0.15) is 28.8 Å². The largest absolute Gasteiger partial charge is 0.491 e. The Bertz CT molecular complexity index is 842. The fourth-order valence-corrected chi connectivity index (χ4v) is 2.38. The van der Waals surface area contributed by atoms with Gasteiger partial charge in [-0.2, -0.15) is 18.3 Å². The van der Waals surface area contributed by atoms with Crippen molar-refractivity contribution in [2.45, 2.75) is 26.6 Å². The van der Waals surface area contributed by atoms with Gasteiger partial charge in [-0.1, -0.05) is 6.92 Å². The number of aryl methyl sites for hydroxylation is 1. The zero-order valence-corrected chi connectivity index (χ0v) is 14.5. The highest BCUT2D eigenvalue weighted by Crippen LogP contribution is 2.30. The molecule has 0 saturated carbocycles. The monoisotopic (exact) mass is 372 g/mol. The number of H-pyrrole nitrogens is 1.